The van der Waals surface area contributed by atoms with Crippen LogP contribution < -0.4 is 0 Å². The standard InChI is InChI=1S/2C6H10N.Al/c2*1-3-5-7-6-4-2;/h2*3-4H,1-2,5-6H2;/q2*-1;+3. The van der Waals surface area contributed by atoms with Crippen LogP contribution in [0.4, 0.5) is 0 Å². The Morgan fingerprint density at radius 2 is 0.933 bits per heavy atom. The Morgan fingerprint density at radius 3 is 1.13 bits per heavy atom. The van der Waals surface area contributed by atoms with Crippen LogP contribution in [0.1, 0.15) is 0 Å². The summed E-state index contributed by atoms with van der Waals surface area (Å²) in [5, 5.41) is 0. The van der Waals surface area contributed by atoms with Gasteiger partial charge in [0.25, 0.3) is 0 Å². The zero-order valence-corrected chi connectivity index (χ0v) is 10.6. The van der Waals surface area contributed by atoms with E-state index < -0.39 is 0 Å². The molecule has 0 atom stereocenters. The molecule has 0 unspecified atom stereocenters. The van der Waals surface area contributed by atoms with Gasteiger partial charge in [0.2, 0.25) is 0 Å². The molecule has 0 aliphatic rings. The van der Waals surface area contributed by atoms with Gasteiger partial charge in [0.05, 0.1) is 0 Å². The van der Waals surface area contributed by atoms with Crippen LogP contribution in [-0.4, -0.2) is 49.6 Å². The van der Waals surface area contributed by atoms with Gasteiger partial charge in [-0.15, -0.1) is 0 Å². The molecule has 0 spiro atoms. The molecule has 0 rings (SSSR count). The van der Waals surface area contributed by atoms with E-state index in [1.807, 2.05) is 24.3 Å². The number of hydrogen-bond acceptors (Lipinski definition) is 2. The van der Waals surface area contributed by atoms with Crippen LogP contribution in [0.2, 0.25) is 0 Å². The van der Waals surface area contributed by atoms with Crippen LogP contribution in [0.5, 0.6) is 0 Å². The Hall–Kier alpha value is -0.588. The molecule has 0 radical (unpaired) electrons. The monoisotopic (exact) mass is 219 g/mol. The molecular formula is C12H20AlN2+. The molecule has 0 heterocycles. The zero-order valence-electron chi connectivity index (χ0n) is 9.44. The van der Waals surface area contributed by atoms with Gasteiger partial charge in [-0.25, -0.2) is 0 Å². The van der Waals surface area contributed by atoms with Gasteiger partial charge in [0.15, 0.2) is 0 Å². The van der Waals surface area contributed by atoms with Crippen LogP contribution in [0.3, 0.4) is 0 Å². The first-order valence-corrected chi connectivity index (χ1v) is 6.08. The summed E-state index contributed by atoms with van der Waals surface area (Å²) < 4.78 is 4.68. The SMILES string of the molecule is C=CC[N](CC=C)[Al+][N](CC=C)CC=C. The maximum absolute atomic E-state index is 3.76. The van der Waals surface area contributed by atoms with E-state index in [2.05, 4.69) is 34.1 Å². The second kappa shape index (κ2) is 9.95. The Bertz CT molecular complexity index is 172. The van der Waals surface area contributed by atoms with Gasteiger partial charge in [-0.2, -0.15) is 0 Å². The average Bonchev–Trinajstić information content (AvgIpc) is 2.19. The van der Waals surface area contributed by atoms with Crippen molar-refractivity contribution in [2.75, 3.05) is 26.2 Å². The molecule has 0 saturated heterocycles. The van der Waals surface area contributed by atoms with E-state index in [0.29, 0.717) is 0 Å². The molecular weight excluding hydrogens is 199 g/mol. The summed E-state index contributed by atoms with van der Waals surface area (Å²) >= 11 is 0.100. The summed E-state index contributed by atoms with van der Waals surface area (Å²) in [6.45, 7) is 18.7. The fourth-order valence-corrected chi connectivity index (χ4v) is 2.67. The van der Waals surface area contributed by atoms with Crippen LogP contribution >= 0.6 is 0 Å². The minimum absolute atomic E-state index is 0.100. The molecule has 0 bridgehead atoms. The molecule has 0 saturated carbocycles. The van der Waals surface area contributed by atoms with Crippen molar-refractivity contribution in [1.82, 2.24) is 7.77 Å². The second-order valence-electron chi connectivity index (χ2n) is 3.18. The molecule has 3 heteroatoms. The van der Waals surface area contributed by atoms with E-state index in [1.54, 1.807) is 0 Å². The summed E-state index contributed by atoms with van der Waals surface area (Å²) in [5.41, 5.74) is 0. The summed E-state index contributed by atoms with van der Waals surface area (Å²) in [6.07, 6.45) is 7.71. The fraction of sp³-hybridized carbons (Fsp3) is 0.333. The van der Waals surface area contributed by atoms with Crippen molar-refractivity contribution in [3.05, 3.63) is 50.6 Å². The van der Waals surface area contributed by atoms with E-state index in [4.69, 9.17) is 0 Å². The summed E-state index contributed by atoms with van der Waals surface area (Å²) in [7, 11) is 0. The Labute approximate surface area is 100 Å². The van der Waals surface area contributed by atoms with Gasteiger partial charge < -0.3 is 0 Å². The molecule has 15 heavy (non-hydrogen) atoms. The number of rotatable bonds is 10. The van der Waals surface area contributed by atoms with Crippen molar-refractivity contribution in [2.45, 2.75) is 0 Å². The van der Waals surface area contributed by atoms with E-state index in [9.17, 15) is 0 Å². The van der Waals surface area contributed by atoms with Crippen molar-refractivity contribution >= 4 is 15.7 Å². The molecule has 0 aliphatic heterocycles. The third-order valence-corrected chi connectivity index (χ3v) is 3.28. The molecule has 2 nitrogen and oxygen atoms in total. The summed E-state index contributed by atoms with van der Waals surface area (Å²) in [4.78, 5) is 0. The second-order valence-corrected chi connectivity index (χ2v) is 4.87. The zero-order chi connectivity index (χ0) is 11.5. The van der Waals surface area contributed by atoms with Crippen LogP contribution in [-0.2, 0) is 0 Å². The van der Waals surface area contributed by atoms with Crippen LogP contribution in [0.25, 0.3) is 0 Å². The van der Waals surface area contributed by atoms with Crippen LogP contribution in [0.15, 0.2) is 50.6 Å². The summed E-state index contributed by atoms with van der Waals surface area (Å²) in [5.74, 6) is 0. The first-order chi connectivity index (χ1) is 7.28. The first-order valence-electron chi connectivity index (χ1n) is 5.05. The quantitative estimate of drug-likeness (QED) is 0.409. The molecule has 0 amide bonds. The Balaban J connectivity index is 4.15. The fourth-order valence-electron chi connectivity index (χ4n) is 1.23. The van der Waals surface area contributed by atoms with Gasteiger partial charge in [-0.1, -0.05) is 0 Å². The van der Waals surface area contributed by atoms with Crippen molar-refractivity contribution in [2.24, 2.45) is 0 Å². The molecule has 0 aromatic rings. The molecule has 80 valence electrons. The van der Waals surface area contributed by atoms with Crippen molar-refractivity contribution in [3.63, 3.8) is 0 Å². The molecule has 0 fully saturated rings. The first kappa shape index (κ1) is 14.4. The van der Waals surface area contributed by atoms with E-state index in [-0.39, 0.29) is 15.7 Å². The van der Waals surface area contributed by atoms with E-state index >= 15 is 0 Å². The molecule has 0 N–H and O–H groups in total. The van der Waals surface area contributed by atoms with E-state index in [1.165, 1.54) is 0 Å². The van der Waals surface area contributed by atoms with Crippen molar-refractivity contribution in [1.29, 1.82) is 0 Å². The summed E-state index contributed by atoms with van der Waals surface area (Å²) in [6, 6.07) is 0. The van der Waals surface area contributed by atoms with Crippen molar-refractivity contribution < 1.29 is 0 Å². The number of hydrogen-bond donors (Lipinski definition) is 0. The van der Waals surface area contributed by atoms with Gasteiger partial charge >= 0.3 is 100 Å². The van der Waals surface area contributed by atoms with E-state index in [0.717, 1.165) is 26.2 Å². The number of nitrogens with zero attached hydrogens (tertiary/aromatic N) is 2. The normalized spacial score (nSPS) is 9.73. The predicted molar refractivity (Wildman–Crippen MR) is 69.7 cm³/mol. The Kier molecular flexibility index (Phi) is 9.56. The molecule has 0 aromatic heterocycles. The third kappa shape index (κ3) is 7.35. The Morgan fingerprint density at radius 1 is 0.667 bits per heavy atom. The average molecular weight is 219 g/mol. The minimum atomic E-state index is 0.100. The van der Waals surface area contributed by atoms with Gasteiger partial charge in [0, 0.05) is 0 Å². The molecule has 0 aromatic carbocycles. The predicted octanol–water partition coefficient (Wildman–Crippen LogP) is 1.87. The third-order valence-electron chi connectivity index (χ3n) is 1.78. The maximum atomic E-state index is 3.76. The topological polar surface area (TPSA) is 6.48 Å². The van der Waals surface area contributed by atoms with Gasteiger partial charge in [-0.3, -0.25) is 0 Å². The molecule has 0 aliphatic carbocycles. The van der Waals surface area contributed by atoms with Gasteiger partial charge in [-0.05, 0) is 0 Å². The van der Waals surface area contributed by atoms with Gasteiger partial charge in [0.1, 0.15) is 0 Å². The van der Waals surface area contributed by atoms with Crippen LogP contribution in [0, 0.1) is 0 Å². The van der Waals surface area contributed by atoms with Crippen molar-refractivity contribution in [3.8, 4) is 0 Å².